The molecule has 2 rings (SSSR count). The van der Waals surface area contributed by atoms with Crippen molar-refractivity contribution in [2.75, 3.05) is 7.11 Å². The summed E-state index contributed by atoms with van der Waals surface area (Å²) in [5.41, 5.74) is 1.79. The van der Waals surface area contributed by atoms with Crippen molar-refractivity contribution in [1.82, 2.24) is 0 Å². The van der Waals surface area contributed by atoms with E-state index in [1.165, 1.54) is 7.11 Å². The molecule has 0 aliphatic carbocycles. The smallest absolute Gasteiger partial charge is 0.150 e. The van der Waals surface area contributed by atoms with E-state index in [1.807, 2.05) is 0 Å². The van der Waals surface area contributed by atoms with Gasteiger partial charge in [0.1, 0.15) is 5.75 Å². The van der Waals surface area contributed by atoms with Crippen LogP contribution in [0.3, 0.4) is 0 Å². The lowest BCUT2D eigenvalue weighted by atomic mass is 10.0. The van der Waals surface area contributed by atoms with Gasteiger partial charge in [-0.15, -0.1) is 0 Å². The van der Waals surface area contributed by atoms with Gasteiger partial charge in [0.25, 0.3) is 0 Å². The Kier molecular flexibility index (Phi) is 4.35. The summed E-state index contributed by atoms with van der Waals surface area (Å²) in [5, 5.41) is 1.36. The van der Waals surface area contributed by atoms with E-state index < -0.39 is 0 Å². The van der Waals surface area contributed by atoms with Gasteiger partial charge in [0.2, 0.25) is 0 Å². The predicted molar refractivity (Wildman–Crippen MR) is 78.8 cm³/mol. The van der Waals surface area contributed by atoms with E-state index in [0.717, 1.165) is 6.29 Å². The summed E-state index contributed by atoms with van der Waals surface area (Å²) in [6.45, 7) is 0. The third kappa shape index (κ3) is 2.86. The van der Waals surface area contributed by atoms with Gasteiger partial charge in [0.05, 0.1) is 17.2 Å². The minimum atomic E-state index is 0.425. The minimum Gasteiger partial charge on any atom is -0.495 e. The Bertz CT molecular complexity index is 639. The molecular weight excluding hydrogens is 307 g/mol. The van der Waals surface area contributed by atoms with Crippen LogP contribution in [-0.4, -0.2) is 13.4 Å². The maximum absolute atomic E-state index is 11.1. The number of ether oxygens (including phenoxy) is 1. The molecule has 0 aliphatic rings. The van der Waals surface area contributed by atoms with Crippen LogP contribution in [0.2, 0.25) is 15.1 Å². The van der Waals surface area contributed by atoms with Gasteiger partial charge in [-0.05, 0) is 23.8 Å². The average molecular weight is 316 g/mol. The number of rotatable bonds is 3. The van der Waals surface area contributed by atoms with Crippen molar-refractivity contribution in [2.24, 2.45) is 0 Å². The SMILES string of the molecule is COc1cc(Cl)c(-c2ccc(Cl)cc2C=O)cc1Cl. The van der Waals surface area contributed by atoms with Gasteiger partial charge in [0.15, 0.2) is 6.29 Å². The van der Waals surface area contributed by atoms with Gasteiger partial charge in [-0.25, -0.2) is 0 Å². The Labute approximate surface area is 125 Å². The fourth-order valence-electron chi connectivity index (χ4n) is 1.77. The standard InChI is InChI=1S/C14H9Cl3O2/c1-19-14-6-12(16)11(5-13(14)17)10-3-2-9(15)4-8(10)7-18/h2-7H,1H3. The zero-order valence-corrected chi connectivity index (χ0v) is 12.2. The van der Waals surface area contributed by atoms with E-state index in [1.54, 1.807) is 30.3 Å². The zero-order chi connectivity index (χ0) is 14.0. The molecule has 0 saturated carbocycles. The number of halogens is 3. The van der Waals surface area contributed by atoms with Crippen molar-refractivity contribution in [1.29, 1.82) is 0 Å². The summed E-state index contributed by atoms with van der Waals surface area (Å²) in [7, 11) is 1.51. The Morgan fingerprint density at radius 3 is 2.37 bits per heavy atom. The summed E-state index contributed by atoms with van der Waals surface area (Å²) in [4.78, 5) is 11.1. The molecule has 0 aliphatic heterocycles. The van der Waals surface area contributed by atoms with Gasteiger partial charge in [-0.2, -0.15) is 0 Å². The topological polar surface area (TPSA) is 26.3 Å². The van der Waals surface area contributed by atoms with Gasteiger partial charge in [-0.3, -0.25) is 4.79 Å². The molecule has 0 N–H and O–H groups in total. The van der Waals surface area contributed by atoms with E-state index in [0.29, 0.717) is 37.5 Å². The van der Waals surface area contributed by atoms with Crippen molar-refractivity contribution in [3.8, 4) is 16.9 Å². The zero-order valence-electron chi connectivity index (χ0n) is 9.91. The quantitative estimate of drug-likeness (QED) is 0.733. The van der Waals surface area contributed by atoms with Crippen molar-refractivity contribution in [3.63, 3.8) is 0 Å². The highest BCUT2D eigenvalue weighted by Crippen LogP contribution is 2.38. The second kappa shape index (κ2) is 5.83. The highest BCUT2D eigenvalue weighted by atomic mass is 35.5. The summed E-state index contributed by atoms with van der Waals surface area (Å²) in [5.74, 6) is 0.483. The first-order chi connectivity index (χ1) is 9.06. The minimum absolute atomic E-state index is 0.425. The van der Waals surface area contributed by atoms with E-state index in [4.69, 9.17) is 39.5 Å². The fraction of sp³-hybridized carbons (Fsp3) is 0.0714. The molecule has 0 unspecified atom stereocenters. The monoisotopic (exact) mass is 314 g/mol. The number of carbonyl (C=O) groups excluding carboxylic acids is 1. The van der Waals surface area contributed by atoms with Crippen LogP contribution in [0, 0.1) is 0 Å². The number of carbonyl (C=O) groups is 1. The van der Waals surface area contributed by atoms with Crippen molar-refractivity contribution in [2.45, 2.75) is 0 Å². The average Bonchev–Trinajstić information content (AvgIpc) is 2.41. The molecular formula is C14H9Cl3O2. The molecule has 2 aromatic carbocycles. The first-order valence-corrected chi connectivity index (χ1v) is 6.48. The maximum atomic E-state index is 11.1. The van der Waals surface area contributed by atoms with E-state index in [9.17, 15) is 4.79 Å². The summed E-state index contributed by atoms with van der Waals surface area (Å²) >= 11 is 18.1. The molecule has 0 heterocycles. The molecule has 98 valence electrons. The number of hydrogen-bond acceptors (Lipinski definition) is 2. The van der Waals surface area contributed by atoms with Crippen LogP contribution in [0.4, 0.5) is 0 Å². The molecule has 0 aromatic heterocycles. The lowest BCUT2D eigenvalue weighted by Gasteiger charge is -2.11. The van der Waals surface area contributed by atoms with Crippen LogP contribution < -0.4 is 4.74 Å². The summed E-state index contributed by atoms with van der Waals surface area (Å²) < 4.78 is 5.09. The number of methoxy groups -OCH3 is 1. The maximum Gasteiger partial charge on any atom is 0.150 e. The molecule has 0 fully saturated rings. The molecule has 0 saturated heterocycles. The predicted octanol–water partition coefficient (Wildman–Crippen LogP) is 5.13. The van der Waals surface area contributed by atoms with Crippen LogP contribution >= 0.6 is 34.8 Å². The second-order valence-corrected chi connectivity index (χ2v) is 5.07. The third-order valence-corrected chi connectivity index (χ3v) is 3.52. The molecule has 19 heavy (non-hydrogen) atoms. The van der Waals surface area contributed by atoms with Crippen molar-refractivity contribution >= 4 is 41.1 Å². The summed E-state index contributed by atoms with van der Waals surface area (Å²) in [6.07, 6.45) is 0.732. The van der Waals surface area contributed by atoms with Gasteiger partial charge in [-0.1, -0.05) is 40.9 Å². The van der Waals surface area contributed by atoms with E-state index in [2.05, 4.69) is 0 Å². The molecule has 0 atom stereocenters. The van der Waals surface area contributed by atoms with Gasteiger partial charge >= 0.3 is 0 Å². The molecule has 2 nitrogen and oxygen atoms in total. The lowest BCUT2D eigenvalue weighted by Crippen LogP contribution is -1.91. The molecule has 0 spiro atoms. The van der Waals surface area contributed by atoms with Crippen LogP contribution in [-0.2, 0) is 0 Å². The van der Waals surface area contributed by atoms with Crippen LogP contribution in [0.15, 0.2) is 30.3 Å². The van der Waals surface area contributed by atoms with E-state index >= 15 is 0 Å². The highest BCUT2D eigenvalue weighted by molar-refractivity contribution is 6.36. The number of aldehydes is 1. The van der Waals surface area contributed by atoms with Crippen molar-refractivity contribution < 1.29 is 9.53 Å². The highest BCUT2D eigenvalue weighted by Gasteiger charge is 2.13. The first-order valence-electron chi connectivity index (χ1n) is 5.35. The Balaban J connectivity index is 2.65. The number of benzene rings is 2. The second-order valence-electron chi connectivity index (χ2n) is 3.82. The molecule has 5 heteroatoms. The molecule has 0 radical (unpaired) electrons. The lowest BCUT2D eigenvalue weighted by molar-refractivity contribution is 0.112. The Hall–Kier alpha value is -1.22. The van der Waals surface area contributed by atoms with E-state index in [-0.39, 0.29) is 0 Å². The largest absolute Gasteiger partial charge is 0.495 e. The Morgan fingerprint density at radius 2 is 1.74 bits per heavy atom. The summed E-state index contributed by atoms with van der Waals surface area (Å²) in [6, 6.07) is 8.29. The van der Waals surface area contributed by atoms with Gasteiger partial charge < -0.3 is 4.74 Å². The fourth-order valence-corrected chi connectivity index (χ4v) is 2.44. The van der Waals surface area contributed by atoms with Crippen LogP contribution in [0.25, 0.3) is 11.1 Å². The first kappa shape index (κ1) is 14.2. The third-order valence-electron chi connectivity index (χ3n) is 2.67. The molecule has 0 bridgehead atoms. The van der Waals surface area contributed by atoms with Crippen LogP contribution in [0.1, 0.15) is 10.4 Å². The number of hydrogen-bond donors (Lipinski definition) is 0. The normalized spacial score (nSPS) is 10.3. The molecule has 0 amide bonds. The Morgan fingerprint density at radius 1 is 1.00 bits per heavy atom. The van der Waals surface area contributed by atoms with Crippen molar-refractivity contribution in [3.05, 3.63) is 51.0 Å². The van der Waals surface area contributed by atoms with Gasteiger partial charge in [0, 0.05) is 22.2 Å². The van der Waals surface area contributed by atoms with Crippen LogP contribution in [0.5, 0.6) is 5.75 Å². The molecule has 2 aromatic rings.